The van der Waals surface area contributed by atoms with Crippen LogP contribution in [0.3, 0.4) is 0 Å². The van der Waals surface area contributed by atoms with Crippen LogP contribution in [0.5, 0.6) is 5.75 Å². The summed E-state index contributed by atoms with van der Waals surface area (Å²) in [4.78, 5) is 60.5. The first kappa shape index (κ1) is 30.7. The van der Waals surface area contributed by atoms with E-state index in [0.29, 0.717) is 33.1 Å². The molecule has 4 aromatic rings. The Kier molecular flexibility index (Phi) is 7.19. The fourth-order valence-corrected chi connectivity index (χ4v) is 9.11. The topological polar surface area (TPSA) is 95.0 Å². The lowest BCUT2D eigenvalue weighted by Crippen LogP contribution is -2.53. The number of allylic oxidation sites excluding steroid dienone is 2. The van der Waals surface area contributed by atoms with Gasteiger partial charge in [-0.3, -0.25) is 24.1 Å². The van der Waals surface area contributed by atoms with E-state index in [-0.39, 0.29) is 24.7 Å². The first-order valence-corrected chi connectivity index (χ1v) is 16.8. The second-order valence-electron chi connectivity index (χ2n) is 12.8. The van der Waals surface area contributed by atoms with Gasteiger partial charge in [-0.1, -0.05) is 81.6 Å². The van der Waals surface area contributed by atoms with Crippen LogP contribution in [0.25, 0.3) is 0 Å². The zero-order valence-electron chi connectivity index (χ0n) is 25.2. The van der Waals surface area contributed by atoms with Gasteiger partial charge in [0.05, 0.1) is 34.5 Å². The van der Waals surface area contributed by atoms with E-state index in [1.54, 1.807) is 78.9 Å². The van der Waals surface area contributed by atoms with Gasteiger partial charge in [0.1, 0.15) is 0 Å². The Morgan fingerprint density at radius 1 is 0.792 bits per heavy atom. The highest BCUT2D eigenvalue weighted by Gasteiger charge is 2.70. The lowest BCUT2D eigenvalue weighted by Gasteiger charge is -2.50. The highest BCUT2D eigenvalue weighted by molar-refractivity contribution is 9.10. The normalized spacial score (nSPS) is 27.9. The van der Waals surface area contributed by atoms with Gasteiger partial charge in [0.15, 0.2) is 11.6 Å². The maximum atomic E-state index is 15.2. The van der Waals surface area contributed by atoms with Crippen LogP contribution in [-0.2, 0) is 24.6 Å². The number of amides is 4. The second-order valence-corrected chi connectivity index (χ2v) is 14.1. The Hall–Kier alpha value is -4.60. The molecule has 48 heavy (non-hydrogen) atoms. The molecule has 1 N–H and O–H groups in total. The van der Waals surface area contributed by atoms with E-state index in [4.69, 9.17) is 11.6 Å². The average Bonchev–Trinajstić information content (AvgIpc) is 3.47. The number of rotatable bonds is 4. The number of carbonyl (C=O) groups is 4. The van der Waals surface area contributed by atoms with Gasteiger partial charge >= 0.3 is 0 Å². The first-order chi connectivity index (χ1) is 23.1. The fraction of sp³-hybridized carbons (Fsp3) is 0.211. The Morgan fingerprint density at radius 2 is 1.54 bits per heavy atom. The number of phenolic OH excluding ortho intramolecular Hbond substituents is 1. The van der Waals surface area contributed by atoms with Crippen LogP contribution < -0.4 is 9.80 Å². The molecule has 3 fully saturated rings. The van der Waals surface area contributed by atoms with Crippen LogP contribution in [0.15, 0.2) is 113 Å². The minimum Gasteiger partial charge on any atom is -0.505 e. The van der Waals surface area contributed by atoms with Crippen LogP contribution in [0.4, 0.5) is 15.8 Å². The first-order valence-electron chi connectivity index (χ1n) is 15.6. The van der Waals surface area contributed by atoms with Crippen LogP contribution >= 0.6 is 27.5 Å². The van der Waals surface area contributed by atoms with E-state index >= 15 is 9.18 Å². The molecule has 2 saturated heterocycles. The summed E-state index contributed by atoms with van der Waals surface area (Å²) in [6.07, 6.45) is 2.27. The zero-order chi connectivity index (χ0) is 33.5. The number of fused-ring (bicyclic) bond motifs is 4. The van der Waals surface area contributed by atoms with E-state index in [1.165, 1.54) is 21.9 Å². The van der Waals surface area contributed by atoms with Crippen LogP contribution in [-0.4, -0.2) is 28.7 Å². The molecule has 2 aliphatic carbocycles. The quantitative estimate of drug-likeness (QED) is 0.176. The molecule has 4 aliphatic rings. The summed E-state index contributed by atoms with van der Waals surface area (Å²) < 4.78 is 16.0. The van der Waals surface area contributed by atoms with Crippen molar-refractivity contribution in [2.45, 2.75) is 24.2 Å². The SMILES string of the molecule is O=C1[C@H]2[C@H](CC=C3[C@H]2C[C@H]2C(=O)N(c4cccc(Cl)c4)C(=O)[C@@]2(c2ccccc2)[C@H]3c2ccc(O)c(F)c2)C(=O)N1c1ccc(Br)cc1. The molecular weight excluding hydrogens is 699 g/mol. The summed E-state index contributed by atoms with van der Waals surface area (Å²) in [6, 6.07) is 26.5. The van der Waals surface area contributed by atoms with Crippen LogP contribution in [0.1, 0.15) is 29.9 Å². The van der Waals surface area contributed by atoms with E-state index in [1.807, 2.05) is 12.1 Å². The van der Waals surface area contributed by atoms with Gasteiger partial charge in [-0.25, -0.2) is 9.29 Å². The van der Waals surface area contributed by atoms with Crippen molar-refractivity contribution in [3.05, 3.63) is 135 Å². The van der Waals surface area contributed by atoms with Gasteiger partial charge in [-0.05, 0) is 84.5 Å². The minimum absolute atomic E-state index is 0.119. The molecule has 1 saturated carbocycles. The Morgan fingerprint density at radius 3 is 2.25 bits per heavy atom. The molecular formula is C38H27BrClFN2O5. The number of hydrogen-bond donors (Lipinski definition) is 1. The van der Waals surface area contributed by atoms with Gasteiger partial charge in [-0.2, -0.15) is 0 Å². The molecule has 0 spiro atoms. The number of aromatic hydroxyl groups is 1. The molecule has 4 amide bonds. The molecule has 0 bridgehead atoms. The molecule has 2 aliphatic heterocycles. The molecule has 0 radical (unpaired) electrons. The number of nitrogens with zero attached hydrogens (tertiary/aromatic N) is 2. The van der Waals surface area contributed by atoms with E-state index in [2.05, 4.69) is 15.9 Å². The molecule has 0 unspecified atom stereocenters. The molecule has 0 aromatic heterocycles. The third kappa shape index (κ3) is 4.30. The summed E-state index contributed by atoms with van der Waals surface area (Å²) in [6.45, 7) is 0. The second kappa shape index (κ2) is 11.2. The fourth-order valence-electron chi connectivity index (χ4n) is 8.67. The summed E-state index contributed by atoms with van der Waals surface area (Å²) in [5, 5.41) is 10.5. The van der Waals surface area contributed by atoms with Gasteiger partial charge in [0, 0.05) is 15.4 Å². The number of imide groups is 2. The molecule has 7 nitrogen and oxygen atoms in total. The number of anilines is 2. The van der Waals surface area contributed by atoms with E-state index in [0.717, 1.165) is 4.47 Å². The van der Waals surface area contributed by atoms with Crippen molar-refractivity contribution in [1.82, 2.24) is 0 Å². The highest BCUT2D eigenvalue weighted by Crippen LogP contribution is 2.64. The summed E-state index contributed by atoms with van der Waals surface area (Å²) in [7, 11) is 0. The lowest BCUT2D eigenvalue weighted by atomic mass is 9.49. The standard InChI is InChI=1S/C38H27BrClFN2O5/c39-22-10-12-24(13-11-22)42-34(45)27-15-14-26-28(32(27)36(42)47)19-29-35(46)43(25-8-4-7-23(40)18-25)37(48)38(29,21-5-2-1-3-6-21)33(26)20-9-16-31(44)30(41)17-20/h1-14,16-18,27-29,32-33,44H,15,19H2/t27-,28+,29-,32-,33-,38+/m0/s1. The Bertz CT molecular complexity index is 2070. The molecule has 6 atom stereocenters. The Balaban J connectivity index is 1.35. The van der Waals surface area contributed by atoms with Gasteiger partial charge in [0.25, 0.3) is 0 Å². The third-order valence-corrected chi connectivity index (χ3v) is 11.3. The van der Waals surface area contributed by atoms with Crippen molar-refractivity contribution in [1.29, 1.82) is 0 Å². The largest absolute Gasteiger partial charge is 0.505 e. The number of carbonyl (C=O) groups excluding carboxylic acids is 4. The number of halogens is 3. The smallest absolute Gasteiger partial charge is 0.246 e. The molecule has 10 heteroatoms. The Labute approximate surface area is 288 Å². The predicted octanol–water partition coefficient (Wildman–Crippen LogP) is 7.31. The highest BCUT2D eigenvalue weighted by atomic mass is 79.9. The van der Waals surface area contributed by atoms with Crippen molar-refractivity contribution in [2.75, 3.05) is 9.80 Å². The van der Waals surface area contributed by atoms with E-state index < -0.39 is 58.4 Å². The maximum absolute atomic E-state index is 15.2. The lowest BCUT2D eigenvalue weighted by molar-refractivity contribution is -0.127. The van der Waals surface area contributed by atoms with Crippen molar-refractivity contribution < 1.29 is 28.7 Å². The van der Waals surface area contributed by atoms with Gasteiger partial charge in [-0.15, -0.1) is 0 Å². The average molecular weight is 726 g/mol. The number of benzene rings is 4. The van der Waals surface area contributed by atoms with Crippen LogP contribution in [0, 0.1) is 29.5 Å². The molecule has 2 heterocycles. The maximum Gasteiger partial charge on any atom is 0.246 e. The minimum atomic E-state index is -1.53. The third-order valence-electron chi connectivity index (χ3n) is 10.6. The predicted molar refractivity (Wildman–Crippen MR) is 181 cm³/mol. The molecule has 4 aromatic carbocycles. The number of phenols is 1. The molecule has 8 rings (SSSR count). The van der Waals surface area contributed by atoms with Crippen molar-refractivity contribution in [3.63, 3.8) is 0 Å². The van der Waals surface area contributed by atoms with Gasteiger partial charge < -0.3 is 5.11 Å². The summed E-state index contributed by atoms with van der Waals surface area (Å²) >= 11 is 9.75. The molecule has 240 valence electrons. The van der Waals surface area contributed by atoms with Crippen LogP contribution in [0.2, 0.25) is 5.02 Å². The van der Waals surface area contributed by atoms with Gasteiger partial charge in [0.2, 0.25) is 23.6 Å². The monoisotopic (exact) mass is 724 g/mol. The summed E-state index contributed by atoms with van der Waals surface area (Å²) in [5.74, 6) is -6.97. The summed E-state index contributed by atoms with van der Waals surface area (Å²) in [5.41, 5.74) is 0.883. The van der Waals surface area contributed by atoms with E-state index in [9.17, 15) is 19.5 Å². The number of hydrogen-bond acceptors (Lipinski definition) is 5. The van der Waals surface area contributed by atoms with Crippen molar-refractivity contribution in [3.8, 4) is 5.75 Å². The van der Waals surface area contributed by atoms with Crippen molar-refractivity contribution in [2.24, 2.45) is 23.7 Å². The zero-order valence-corrected chi connectivity index (χ0v) is 27.6. The van der Waals surface area contributed by atoms with Crippen molar-refractivity contribution >= 4 is 62.5 Å².